The van der Waals surface area contributed by atoms with Gasteiger partial charge in [-0.15, -0.1) is 0 Å². The second-order valence-electron chi connectivity index (χ2n) is 10.0. The Bertz CT molecular complexity index is 1460. The highest BCUT2D eigenvalue weighted by molar-refractivity contribution is 7.80. The summed E-state index contributed by atoms with van der Waals surface area (Å²) in [6.07, 6.45) is 0. The summed E-state index contributed by atoms with van der Waals surface area (Å²) in [5, 5.41) is 30.3. The SMILES string of the molecule is CC(C)c1cc(C(C)C)c2c(c1)C1(NC(=S)Nc3ccccc3)C(=O)c3c([N+](=O)[O-])cccc3C1(O)O2. The number of Topliss-reactive ketones (excluding diaryl/α,β-unsaturated/α-hetero) is 1. The summed E-state index contributed by atoms with van der Waals surface area (Å²) in [4.78, 5) is 25.6. The topological polar surface area (TPSA) is 114 Å². The van der Waals surface area contributed by atoms with Gasteiger partial charge in [0.1, 0.15) is 11.3 Å². The predicted molar refractivity (Wildman–Crippen MR) is 144 cm³/mol. The number of fused-ring (bicyclic) bond motifs is 5. The molecular formula is C28H27N3O5S. The number of nitrogens with one attached hydrogen (secondary N) is 2. The molecule has 1 aliphatic heterocycles. The lowest BCUT2D eigenvalue weighted by Gasteiger charge is -2.35. The highest BCUT2D eigenvalue weighted by atomic mass is 32.1. The lowest BCUT2D eigenvalue weighted by molar-refractivity contribution is -0.385. The molecule has 0 fully saturated rings. The van der Waals surface area contributed by atoms with E-state index in [-0.39, 0.29) is 28.1 Å². The zero-order valence-corrected chi connectivity index (χ0v) is 21.7. The number of ether oxygens (including phenoxy) is 1. The van der Waals surface area contributed by atoms with E-state index < -0.39 is 27.7 Å². The largest absolute Gasteiger partial charge is 0.454 e. The van der Waals surface area contributed by atoms with Crippen molar-refractivity contribution in [3.8, 4) is 5.75 Å². The molecule has 0 saturated carbocycles. The van der Waals surface area contributed by atoms with Gasteiger partial charge in [0.2, 0.25) is 11.3 Å². The van der Waals surface area contributed by atoms with Crippen molar-refractivity contribution in [2.45, 2.75) is 50.9 Å². The van der Waals surface area contributed by atoms with Crippen LogP contribution >= 0.6 is 12.2 Å². The molecule has 2 atom stereocenters. The molecule has 1 heterocycles. The van der Waals surface area contributed by atoms with Crippen molar-refractivity contribution in [3.05, 3.63) is 98.6 Å². The molecule has 5 rings (SSSR count). The number of carbonyl (C=O) groups is 1. The molecule has 3 N–H and O–H groups in total. The molecule has 0 amide bonds. The Morgan fingerprint density at radius 1 is 1.03 bits per heavy atom. The quantitative estimate of drug-likeness (QED) is 0.232. The van der Waals surface area contributed by atoms with E-state index in [4.69, 9.17) is 17.0 Å². The summed E-state index contributed by atoms with van der Waals surface area (Å²) in [6, 6.07) is 17.2. The van der Waals surface area contributed by atoms with Crippen molar-refractivity contribution >= 4 is 34.5 Å². The summed E-state index contributed by atoms with van der Waals surface area (Å²) < 4.78 is 6.29. The molecule has 1 aliphatic carbocycles. The van der Waals surface area contributed by atoms with Crippen molar-refractivity contribution in [1.82, 2.24) is 5.32 Å². The number of hydrogen-bond donors (Lipinski definition) is 3. The summed E-state index contributed by atoms with van der Waals surface area (Å²) in [5.41, 5.74) is 0.329. The minimum atomic E-state index is -2.27. The third kappa shape index (κ3) is 3.53. The number of anilines is 1. The smallest absolute Gasteiger partial charge is 0.280 e. The van der Waals surface area contributed by atoms with Crippen LogP contribution in [-0.4, -0.2) is 20.9 Å². The number of rotatable bonds is 5. The Labute approximate surface area is 219 Å². The van der Waals surface area contributed by atoms with Gasteiger partial charge in [0.05, 0.1) is 4.92 Å². The van der Waals surface area contributed by atoms with Crippen molar-refractivity contribution in [3.63, 3.8) is 0 Å². The number of carbonyl (C=O) groups excluding carboxylic acids is 1. The zero-order valence-electron chi connectivity index (χ0n) is 20.9. The first-order valence-corrected chi connectivity index (χ1v) is 12.5. The first kappa shape index (κ1) is 24.9. The van der Waals surface area contributed by atoms with Gasteiger partial charge in [-0.05, 0) is 53.4 Å². The van der Waals surface area contributed by atoms with Gasteiger partial charge in [0, 0.05) is 22.9 Å². The summed E-state index contributed by atoms with van der Waals surface area (Å²) in [7, 11) is 0. The van der Waals surface area contributed by atoms with Gasteiger partial charge >= 0.3 is 0 Å². The first-order valence-electron chi connectivity index (χ1n) is 12.1. The molecule has 9 heteroatoms. The van der Waals surface area contributed by atoms with Gasteiger partial charge in [-0.25, -0.2) is 0 Å². The lowest BCUT2D eigenvalue weighted by atomic mass is 9.80. The summed E-state index contributed by atoms with van der Waals surface area (Å²) in [6.45, 7) is 8.07. The minimum Gasteiger partial charge on any atom is -0.454 e. The lowest BCUT2D eigenvalue weighted by Crippen LogP contribution is -2.60. The molecule has 3 aromatic carbocycles. The molecule has 8 nitrogen and oxygen atoms in total. The minimum absolute atomic E-state index is 0.0148. The van der Waals surface area contributed by atoms with Gasteiger partial charge in [-0.3, -0.25) is 14.9 Å². The van der Waals surface area contributed by atoms with Crippen molar-refractivity contribution < 1.29 is 19.6 Å². The number of nitrogens with zero attached hydrogens (tertiary/aromatic N) is 1. The van der Waals surface area contributed by atoms with E-state index in [9.17, 15) is 20.0 Å². The van der Waals surface area contributed by atoms with Crippen LogP contribution in [0.25, 0.3) is 0 Å². The predicted octanol–water partition coefficient (Wildman–Crippen LogP) is 5.46. The van der Waals surface area contributed by atoms with Crippen LogP contribution in [-0.2, 0) is 11.3 Å². The molecule has 0 bridgehead atoms. The zero-order chi connectivity index (χ0) is 26.7. The van der Waals surface area contributed by atoms with Crippen molar-refractivity contribution in [2.75, 3.05) is 5.32 Å². The van der Waals surface area contributed by atoms with Crippen LogP contribution in [0.1, 0.15) is 72.1 Å². The van der Waals surface area contributed by atoms with Gasteiger partial charge < -0.3 is 20.5 Å². The molecule has 3 aromatic rings. The van der Waals surface area contributed by atoms with Crippen molar-refractivity contribution in [1.29, 1.82) is 0 Å². The van der Waals surface area contributed by atoms with Gasteiger partial charge in [0.25, 0.3) is 11.5 Å². The van der Waals surface area contributed by atoms with E-state index in [2.05, 4.69) is 10.6 Å². The van der Waals surface area contributed by atoms with Crippen molar-refractivity contribution in [2.24, 2.45) is 0 Å². The number of hydrogen-bond acceptors (Lipinski definition) is 6. The standard InChI is InChI=1S/C28H27N3O5S/c1-15(2)17-13-19(16(3)4)24-21(14-17)27(30-26(37)29-18-9-6-5-7-10-18)25(32)23-20(28(27,33)36-24)11-8-12-22(23)31(34)35/h5-16,33H,1-4H3,(H2,29,30,37). The second-order valence-corrected chi connectivity index (χ2v) is 10.4. The molecule has 0 radical (unpaired) electrons. The third-order valence-corrected chi connectivity index (χ3v) is 7.30. The summed E-state index contributed by atoms with van der Waals surface area (Å²) >= 11 is 5.61. The highest BCUT2D eigenvalue weighted by Gasteiger charge is 2.73. The number of benzene rings is 3. The van der Waals surface area contributed by atoms with Crippen LogP contribution in [0.3, 0.4) is 0 Å². The fourth-order valence-electron chi connectivity index (χ4n) is 5.23. The van der Waals surface area contributed by atoms with E-state index >= 15 is 0 Å². The van der Waals surface area contributed by atoms with Crippen LogP contribution in [0, 0.1) is 10.1 Å². The van der Waals surface area contributed by atoms with Gasteiger partial charge in [0.15, 0.2) is 5.11 Å². The maximum Gasteiger partial charge on any atom is 0.280 e. The molecule has 0 saturated heterocycles. The second kappa shape index (κ2) is 8.64. The number of ketones is 1. The average Bonchev–Trinajstić information content (AvgIpc) is 3.21. The Hall–Kier alpha value is -3.82. The molecule has 2 unspecified atom stereocenters. The van der Waals surface area contributed by atoms with E-state index in [1.807, 2.05) is 58.0 Å². The van der Waals surface area contributed by atoms with E-state index in [1.165, 1.54) is 18.2 Å². The Balaban J connectivity index is 1.77. The first-order chi connectivity index (χ1) is 17.5. The van der Waals surface area contributed by atoms with Crippen LogP contribution < -0.4 is 15.4 Å². The molecule has 0 spiro atoms. The molecular weight excluding hydrogens is 490 g/mol. The maximum atomic E-state index is 14.3. The van der Waals surface area contributed by atoms with E-state index in [0.717, 1.165) is 11.1 Å². The van der Waals surface area contributed by atoms with Crippen LogP contribution in [0.4, 0.5) is 11.4 Å². The van der Waals surface area contributed by atoms with Gasteiger partial charge in [-0.1, -0.05) is 64.1 Å². The number of para-hydroxylation sites is 1. The Kier molecular flexibility index (Phi) is 5.80. The fourth-order valence-corrected chi connectivity index (χ4v) is 5.50. The number of thiocarbonyl (C=S) groups is 1. The Morgan fingerprint density at radius 2 is 1.73 bits per heavy atom. The Morgan fingerprint density at radius 3 is 2.35 bits per heavy atom. The normalized spacial score (nSPS) is 21.3. The fraction of sp³-hybridized carbons (Fsp3) is 0.286. The number of nitro benzene ring substituents is 1. The van der Waals surface area contributed by atoms with Crippen LogP contribution in [0.5, 0.6) is 5.75 Å². The number of nitro groups is 1. The maximum absolute atomic E-state index is 14.3. The summed E-state index contributed by atoms with van der Waals surface area (Å²) in [5.74, 6) is -2.45. The van der Waals surface area contributed by atoms with Crippen LogP contribution in [0.15, 0.2) is 60.7 Å². The monoisotopic (exact) mass is 517 g/mol. The molecule has 0 aromatic heterocycles. The molecule has 37 heavy (non-hydrogen) atoms. The van der Waals surface area contributed by atoms with E-state index in [1.54, 1.807) is 12.1 Å². The van der Waals surface area contributed by atoms with Gasteiger partial charge in [-0.2, -0.15) is 0 Å². The van der Waals surface area contributed by atoms with Crippen LogP contribution in [0.2, 0.25) is 0 Å². The third-order valence-electron chi connectivity index (χ3n) is 7.10. The van der Waals surface area contributed by atoms with E-state index in [0.29, 0.717) is 17.0 Å². The average molecular weight is 518 g/mol. The number of aliphatic hydroxyl groups is 1. The molecule has 190 valence electrons. The highest BCUT2D eigenvalue weighted by Crippen LogP contribution is 2.61. The molecule has 2 aliphatic rings.